The van der Waals surface area contributed by atoms with Crippen LogP contribution in [-0.4, -0.2) is 9.93 Å². The Kier molecular flexibility index (Phi) is 2.75. The SMILES string of the molecule is OC1(c2ccccc2)C=CCCC1Br. The number of halogens is 1. The average molecular weight is 253 g/mol. The first-order chi connectivity index (χ1) is 6.73. The van der Waals surface area contributed by atoms with Crippen LogP contribution in [0.4, 0.5) is 0 Å². The van der Waals surface area contributed by atoms with Crippen LogP contribution in [0, 0.1) is 0 Å². The van der Waals surface area contributed by atoms with Gasteiger partial charge in [-0.05, 0) is 18.4 Å². The first-order valence-corrected chi connectivity index (χ1v) is 5.75. The second kappa shape index (κ2) is 3.87. The molecular formula is C12H13BrO. The van der Waals surface area contributed by atoms with Crippen LogP contribution in [0.25, 0.3) is 0 Å². The van der Waals surface area contributed by atoms with Crippen LogP contribution >= 0.6 is 15.9 Å². The molecule has 1 N–H and O–H groups in total. The number of hydrogen-bond donors (Lipinski definition) is 1. The Morgan fingerprint density at radius 1 is 1.29 bits per heavy atom. The summed E-state index contributed by atoms with van der Waals surface area (Å²) in [6.07, 6.45) is 5.95. The normalized spacial score (nSPS) is 31.7. The maximum Gasteiger partial charge on any atom is 0.120 e. The molecule has 1 aliphatic carbocycles. The van der Waals surface area contributed by atoms with Gasteiger partial charge in [-0.15, -0.1) is 0 Å². The van der Waals surface area contributed by atoms with E-state index in [-0.39, 0.29) is 4.83 Å². The Morgan fingerprint density at radius 3 is 2.64 bits per heavy atom. The summed E-state index contributed by atoms with van der Waals surface area (Å²) in [4.78, 5) is 0.113. The number of aliphatic hydroxyl groups is 1. The molecule has 74 valence electrons. The zero-order chi connectivity index (χ0) is 10.0. The fraction of sp³-hybridized carbons (Fsp3) is 0.333. The molecule has 1 aliphatic rings. The molecule has 0 heterocycles. The first-order valence-electron chi connectivity index (χ1n) is 4.83. The van der Waals surface area contributed by atoms with Crippen molar-refractivity contribution in [2.45, 2.75) is 23.3 Å². The Hall–Kier alpha value is -0.600. The van der Waals surface area contributed by atoms with Crippen molar-refractivity contribution in [3.63, 3.8) is 0 Å². The standard InChI is InChI=1S/C12H13BrO/c13-11-8-4-5-9-12(11,14)10-6-2-1-3-7-10/h1-3,5-7,9,11,14H,4,8H2. The van der Waals surface area contributed by atoms with Gasteiger partial charge in [0, 0.05) is 0 Å². The zero-order valence-electron chi connectivity index (χ0n) is 7.86. The van der Waals surface area contributed by atoms with Gasteiger partial charge in [0.05, 0.1) is 4.83 Å². The lowest BCUT2D eigenvalue weighted by Crippen LogP contribution is -2.35. The van der Waals surface area contributed by atoms with Crippen molar-refractivity contribution in [1.82, 2.24) is 0 Å². The van der Waals surface area contributed by atoms with Gasteiger partial charge in [-0.3, -0.25) is 0 Å². The predicted molar refractivity (Wildman–Crippen MR) is 61.4 cm³/mol. The highest BCUT2D eigenvalue weighted by Crippen LogP contribution is 2.37. The molecule has 0 amide bonds. The van der Waals surface area contributed by atoms with E-state index in [0.29, 0.717) is 0 Å². The second-order valence-electron chi connectivity index (χ2n) is 3.64. The van der Waals surface area contributed by atoms with Gasteiger partial charge < -0.3 is 5.11 Å². The molecule has 0 aromatic heterocycles. The van der Waals surface area contributed by atoms with Gasteiger partial charge >= 0.3 is 0 Å². The predicted octanol–water partition coefficient (Wildman–Crippen LogP) is 2.99. The Labute approximate surface area is 92.6 Å². The maximum atomic E-state index is 10.5. The molecule has 14 heavy (non-hydrogen) atoms. The van der Waals surface area contributed by atoms with Gasteiger partial charge in [-0.2, -0.15) is 0 Å². The van der Waals surface area contributed by atoms with Crippen LogP contribution in [0.15, 0.2) is 42.5 Å². The highest BCUT2D eigenvalue weighted by atomic mass is 79.9. The zero-order valence-corrected chi connectivity index (χ0v) is 9.44. The van der Waals surface area contributed by atoms with Crippen LogP contribution in [0.3, 0.4) is 0 Å². The van der Waals surface area contributed by atoms with E-state index < -0.39 is 5.60 Å². The van der Waals surface area contributed by atoms with E-state index in [1.54, 1.807) is 0 Å². The van der Waals surface area contributed by atoms with Crippen LogP contribution in [0.5, 0.6) is 0 Å². The minimum absolute atomic E-state index is 0.113. The molecule has 2 rings (SSSR count). The third-order valence-corrected chi connectivity index (χ3v) is 3.83. The highest BCUT2D eigenvalue weighted by molar-refractivity contribution is 9.09. The van der Waals surface area contributed by atoms with E-state index in [4.69, 9.17) is 0 Å². The number of rotatable bonds is 1. The summed E-state index contributed by atoms with van der Waals surface area (Å²) < 4.78 is 0. The van der Waals surface area contributed by atoms with E-state index >= 15 is 0 Å². The summed E-state index contributed by atoms with van der Waals surface area (Å²) in [5.41, 5.74) is 0.123. The van der Waals surface area contributed by atoms with Crippen molar-refractivity contribution in [3.05, 3.63) is 48.0 Å². The number of allylic oxidation sites excluding steroid dienone is 1. The fourth-order valence-electron chi connectivity index (χ4n) is 1.81. The van der Waals surface area contributed by atoms with Crippen molar-refractivity contribution in [2.24, 2.45) is 0 Å². The molecular weight excluding hydrogens is 240 g/mol. The summed E-state index contributed by atoms with van der Waals surface area (Å²) in [7, 11) is 0. The Morgan fingerprint density at radius 2 is 2.00 bits per heavy atom. The smallest absolute Gasteiger partial charge is 0.120 e. The molecule has 1 nitrogen and oxygen atoms in total. The quantitative estimate of drug-likeness (QED) is 0.602. The van der Waals surface area contributed by atoms with Crippen LogP contribution in [-0.2, 0) is 5.60 Å². The molecule has 1 aromatic rings. The van der Waals surface area contributed by atoms with Crippen molar-refractivity contribution in [3.8, 4) is 0 Å². The van der Waals surface area contributed by atoms with Gasteiger partial charge in [0.1, 0.15) is 5.60 Å². The fourth-order valence-corrected chi connectivity index (χ4v) is 2.49. The van der Waals surface area contributed by atoms with Gasteiger partial charge in [0.25, 0.3) is 0 Å². The first kappa shape index (κ1) is 9.94. The van der Waals surface area contributed by atoms with Crippen LogP contribution < -0.4 is 0 Å². The molecule has 2 heteroatoms. The summed E-state index contributed by atoms with van der Waals surface area (Å²) >= 11 is 3.55. The molecule has 0 fully saturated rings. The van der Waals surface area contributed by atoms with Gasteiger partial charge in [-0.1, -0.05) is 58.4 Å². The maximum absolute atomic E-state index is 10.5. The molecule has 0 aliphatic heterocycles. The van der Waals surface area contributed by atoms with E-state index in [1.807, 2.05) is 42.5 Å². The van der Waals surface area contributed by atoms with Crippen molar-refractivity contribution in [1.29, 1.82) is 0 Å². The summed E-state index contributed by atoms with van der Waals surface area (Å²) in [5.74, 6) is 0. The van der Waals surface area contributed by atoms with Crippen molar-refractivity contribution in [2.75, 3.05) is 0 Å². The molecule has 2 unspecified atom stereocenters. The van der Waals surface area contributed by atoms with E-state index in [0.717, 1.165) is 18.4 Å². The van der Waals surface area contributed by atoms with Gasteiger partial charge in [-0.25, -0.2) is 0 Å². The van der Waals surface area contributed by atoms with E-state index in [2.05, 4.69) is 15.9 Å². The molecule has 1 aromatic carbocycles. The molecule has 2 atom stereocenters. The third kappa shape index (κ3) is 1.64. The summed E-state index contributed by atoms with van der Waals surface area (Å²) in [6, 6.07) is 9.79. The topological polar surface area (TPSA) is 20.2 Å². The Bertz CT molecular complexity index is 333. The molecule has 0 saturated carbocycles. The van der Waals surface area contributed by atoms with Crippen molar-refractivity contribution >= 4 is 15.9 Å². The Balaban J connectivity index is 2.40. The molecule has 0 spiro atoms. The van der Waals surface area contributed by atoms with Gasteiger partial charge in [0.15, 0.2) is 0 Å². The largest absolute Gasteiger partial charge is 0.380 e. The van der Waals surface area contributed by atoms with Gasteiger partial charge in [0.2, 0.25) is 0 Å². The van der Waals surface area contributed by atoms with Crippen molar-refractivity contribution < 1.29 is 5.11 Å². The van der Waals surface area contributed by atoms with Crippen LogP contribution in [0.1, 0.15) is 18.4 Å². The van der Waals surface area contributed by atoms with E-state index in [9.17, 15) is 5.11 Å². The van der Waals surface area contributed by atoms with Crippen LogP contribution in [0.2, 0.25) is 0 Å². The average Bonchev–Trinajstić information content (AvgIpc) is 2.24. The third-order valence-electron chi connectivity index (χ3n) is 2.67. The molecule has 0 saturated heterocycles. The highest BCUT2D eigenvalue weighted by Gasteiger charge is 2.35. The molecule has 0 bridgehead atoms. The minimum atomic E-state index is -0.834. The molecule has 0 radical (unpaired) electrons. The minimum Gasteiger partial charge on any atom is -0.380 e. The summed E-state index contributed by atoms with van der Waals surface area (Å²) in [5, 5.41) is 10.5. The lowest BCUT2D eigenvalue weighted by Gasteiger charge is -2.33. The number of alkyl halides is 1. The summed E-state index contributed by atoms with van der Waals surface area (Å²) in [6.45, 7) is 0. The monoisotopic (exact) mass is 252 g/mol. The number of hydrogen-bond acceptors (Lipinski definition) is 1. The lowest BCUT2D eigenvalue weighted by atomic mass is 9.85. The second-order valence-corrected chi connectivity index (χ2v) is 4.74. The van der Waals surface area contributed by atoms with E-state index in [1.165, 1.54) is 0 Å². The number of benzene rings is 1. The lowest BCUT2D eigenvalue weighted by molar-refractivity contribution is 0.0815.